The van der Waals surface area contributed by atoms with E-state index >= 15 is 0 Å². The quantitative estimate of drug-likeness (QED) is 0.00863. The Bertz CT molecular complexity index is 3240. The molecule has 0 aromatic carbocycles. The molecule has 0 radical (unpaired) electrons. The molecule has 3 aromatic rings. The zero-order chi connectivity index (χ0) is 66.9. The number of nitrogens with one attached hydrogen (secondary N) is 1. The van der Waals surface area contributed by atoms with Crippen molar-refractivity contribution in [1.29, 1.82) is 0 Å². The van der Waals surface area contributed by atoms with E-state index in [-0.39, 0.29) is 76.0 Å². The number of nitrogens with two attached hydrogens (primary N) is 1. The van der Waals surface area contributed by atoms with Gasteiger partial charge in [0, 0.05) is 98.1 Å². The average Bonchev–Trinajstić information content (AvgIpc) is 1.34. The Morgan fingerprint density at radius 3 is 2.29 bits per heavy atom. The first-order valence-electron chi connectivity index (χ1n) is 34.7. The molecule has 7 unspecified atom stereocenters. The number of piperidine rings is 1. The Kier molecular flexibility index (Phi) is 24.6. The molecule has 4 aliphatic heterocycles. The Morgan fingerprint density at radius 2 is 1.62 bits per heavy atom. The number of aryl methyl sites for hydroxylation is 1. The van der Waals surface area contributed by atoms with Crippen molar-refractivity contribution in [1.82, 2.24) is 29.5 Å². The molecule has 10 rings (SSSR count). The van der Waals surface area contributed by atoms with Gasteiger partial charge in [-0.3, -0.25) is 28.9 Å². The summed E-state index contributed by atoms with van der Waals surface area (Å²) in [7, 11) is 4.20. The standard InChI is InChI=1S/C70H99N9O10S5/c1-10-13-14-21-24-48(87-65(85)58-52(93-67-72-50(40-92-67)45-31-35-77(8)36-32-45)41-91-64-57(63(84)79(58)64)73-62(83)56(75-86-12-3)61-74-66(71)94-76-61)25-22-19-17-15-16-18-20-23-26-54(81)89-60-44(5)70-33-29-43(4)69(7,59(70)51(80)30-34-70)53(39-68(60,6)11-2)88-55(82)42-90-49-37-46-27-28-47(38-49)78(46)9/h11,31-32,35-36,40,43-44,46-49,53,57,59-60,64H,2,10,12-30,33-34,37-39,41-42H2,1,3-9H3,(H2-,71,73,74,76,83)/p+1/t43?,44-,46?,47?,48?,49?,53+,57-,59?,60+,64?,68+,69-,70?/m1/s1. The molecule has 3 saturated carbocycles. The molecule has 3 saturated heterocycles. The number of rotatable bonds is 32. The molecule has 6 fully saturated rings. The number of fused-ring (bicyclic) bond motifs is 3. The lowest BCUT2D eigenvalue weighted by atomic mass is 9.44. The number of unbranched alkanes of at least 4 members (excludes halogenated alkanes) is 10. The van der Waals surface area contributed by atoms with Crippen molar-refractivity contribution in [3.05, 3.63) is 59.0 Å². The Hall–Kier alpha value is -4.88. The summed E-state index contributed by atoms with van der Waals surface area (Å²) in [6.45, 7) is 17.2. The van der Waals surface area contributed by atoms with Gasteiger partial charge in [-0.05, 0) is 109 Å². The summed E-state index contributed by atoms with van der Waals surface area (Å²) in [6, 6.07) is 4.21. The van der Waals surface area contributed by atoms with Crippen molar-refractivity contribution >= 4 is 105 Å². The summed E-state index contributed by atoms with van der Waals surface area (Å²) in [5, 5.41) is 8.75. The smallest absolute Gasteiger partial charge is 0.356 e. The summed E-state index contributed by atoms with van der Waals surface area (Å²) in [5.41, 5.74) is 5.96. The van der Waals surface area contributed by atoms with E-state index in [4.69, 9.17) is 29.8 Å². The number of nitrogen functional groups attached to an aromatic ring is 1. The molecule has 3 aliphatic carbocycles. The highest BCUT2D eigenvalue weighted by molar-refractivity contribution is 8.07. The highest BCUT2D eigenvalue weighted by Crippen LogP contribution is 2.68. The molecular formula is C70H100N9O10S5+. The highest BCUT2D eigenvalue weighted by Gasteiger charge is 2.69. The van der Waals surface area contributed by atoms with Crippen LogP contribution in [-0.2, 0) is 54.9 Å². The number of anilines is 1. The maximum atomic E-state index is 14.8. The maximum absolute atomic E-state index is 14.8. The molecule has 7 heterocycles. The van der Waals surface area contributed by atoms with Gasteiger partial charge in [0.1, 0.15) is 54.9 Å². The Morgan fingerprint density at radius 1 is 0.926 bits per heavy atom. The summed E-state index contributed by atoms with van der Waals surface area (Å²) in [4.78, 5) is 104. The fourth-order valence-corrected chi connectivity index (χ4v) is 21.5. The average molecular weight is 1390 g/mol. The molecule has 3 aromatic heterocycles. The lowest BCUT2D eigenvalue weighted by molar-refractivity contribution is -0.671. The van der Waals surface area contributed by atoms with Crippen LogP contribution in [0.5, 0.6) is 0 Å². The van der Waals surface area contributed by atoms with Crippen LogP contribution in [-0.4, -0.2) is 138 Å². The molecule has 7 aliphatic rings. The number of thioether (sulfide) groups is 3. The van der Waals surface area contributed by atoms with Gasteiger partial charge in [0.05, 0.1) is 11.4 Å². The number of Topliss-reactive ketones (excluding diaryl/α,β-unsaturated/α-hetero) is 1. The van der Waals surface area contributed by atoms with Crippen LogP contribution in [0.1, 0.15) is 201 Å². The van der Waals surface area contributed by atoms with Crippen LogP contribution >= 0.6 is 58.2 Å². The van der Waals surface area contributed by atoms with Gasteiger partial charge in [-0.2, -0.15) is 9.36 Å². The van der Waals surface area contributed by atoms with Crippen molar-refractivity contribution in [2.24, 2.45) is 46.2 Å². The van der Waals surface area contributed by atoms with Crippen molar-refractivity contribution in [3.8, 4) is 11.3 Å². The third kappa shape index (κ3) is 16.0. The molecule has 514 valence electrons. The van der Waals surface area contributed by atoms with Crippen LogP contribution in [0.3, 0.4) is 0 Å². The van der Waals surface area contributed by atoms with E-state index in [2.05, 4.69) is 73.0 Å². The molecular weight excluding hydrogens is 1290 g/mol. The second kappa shape index (κ2) is 32.2. The first kappa shape index (κ1) is 71.9. The zero-order valence-corrected chi connectivity index (χ0v) is 60.5. The minimum atomic E-state index is -0.976. The first-order valence-corrected chi connectivity index (χ1v) is 39.2. The lowest BCUT2D eigenvalue weighted by Crippen LogP contribution is -2.71. The number of carbonyl (C=O) groups is 6. The van der Waals surface area contributed by atoms with E-state index < -0.39 is 52.2 Å². The molecule has 94 heavy (non-hydrogen) atoms. The van der Waals surface area contributed by atoms with E-state index in [0.29, 0.717) is 72.3 Å². The summed E-state index contributed by atoms with van der Waals surface area (Å²) >= 11 is 6.93. The third-order valence-electron chi connectivity index (χ3n) is 22.1. The van der Waals surface area contributed by atoms with Gasteiger partial charge in [0.2, 0.25) is 11.5 Å². The van der Waals surface area contributed by atoms with Crippen LogP contribution in [0.4, 0.5) is 5.13 Å². The van der Waals surface area contributed by atoms with E-state index in [1.54, 1.807) is 18.7 Å². The van der Waals surface area contributed by atoms with Crippen LogP contribution in [0.15, 0.2) is 62.7 Å². The van der Waals surface area contributed by atoms with E-state index in [0.717, 1.165) is 130 Å². The third-order valence-corrected chi connectivity index (χ3v) is 27.4. The number of hydrogen-bond acceptors (Lipinski definition) is 21. The number of pyridine rings is 1. The van der Waals surface area contributed by atoms with E-state index in [1.165, 1.54) is 52.6 Å². The van der Waals surface area contributed by atoms with Crippen LogP contribution in [0.2, 0.25) is 0 Å². The molecule has 0 spiro atoms. The van der Waals surface area contributed by atoms with E-state index in [1.807, 2.05) is 47.6 Å². The minimum absolute atomic E-state index is 0.0156. The van der Waals surface area contributed by atoms with Crippen molar-refractivity contribution in [3.63, 3.8) is 0 Å². The number of oxime groups is 1. The topological polar surface area (TPSA) is 239 Å². The molecule has 13 atom stereocenters. The largest absolute Gasteiger partial charge is 0.461 e. The molecule has 19 nitrogen and oxygen atoms in total. The number of esters is 3. The number of ketones is 1. The fraction of sp³-hybridized carbons (Fsp3) is 0.700. The minimum Gasteiger partial charge on any atom is -0.461 e. The summed E-state index contributed by atoms with van der Waals surface area (Å²) in [6.07, 6.45) is 25.9. The second-order valence-electron chi connectivity index (χ2n) is 28.0. The van der Waals surface area contributed by atoms with Crippen molar-refractivity contribution in [2.45, 2.75) is 247 Å². The normalized spacial score (nSPS) is 30.2. The Labute approximate surface area is 577 Å². The van der Waals surface area contributed by atoms with Crippen LogP contribution < -0.4 is 15.6 Å². The number of carbonyl (C=O) groups excluding carboxylic acids is 6. The Balaban J connectivity index is 0.722. The van der Waals surface area contributed by atoms with Crippen LogP contribution in [0, 0.1) is 34.0 Å². The number of hydrogen-bond donors (Lipinski definition) is 2. The number of nitrogens with zero attached hydrogens (tertiary/aromatic N) is 7. The zero-order valence-electron chi connectivity index (χ0n) is 56.4. The predicted molar refractivity (Wildman–Crippen MR) is 372 cm³/mol. The van der Waals surface area contributed by atoms with Gasteiger partial charge in [0.25, 0.3) is 11.8 Å². The highest BCUT2D eigenvalue weighted by atomic mass is 32.2. The van der Waals surface area contributed by atoms with Gasteiger partial charge in [-0.25, -0.2) is 14.3 Å². The molecule has 2 amide bonds. The molecule has 3 N–H and O–H groups in total. The SMILES string of the molecule is C=C[C@@]1(C)C[C@H](OC(=O)CSC2CC3CCC(C2)N3C)[C@@]2(C)C(C)CCC3(CCC(=O)C32)[C@H](C)[C@@H]1OC(=O)CCCCCCCCCCC(CCCCCC)OC(=O)C1=C(Sc2nc(-c3cc[n+](C)cc3)cs2)CSC2[C@H](NC(=O)C(=NOCC)c3nsc(N)n3)C(=O)N12. The second-order valence-corrected chi connectivity index (χ2v) is 33.4. The van der Waals surface area contributed by atoms with Gasteiger partial charge in [-0.1, -0.05) is 115 Å². The van der Waals surface area contributed by atoms with E-state index in [9.17, 15) is 28.8 Å². The summed E-state index contributed by atoms with van der Waals surface area (Å²) < 4.78 is 26.7. The summed E-state index contributed by atoms with van der Waals surface area (Å²) in [5.74, 6) is -1.46. The fourth-order valence-electron chi connectivity index (χ4n) is 16.5. The molecule has 4 bridgehead atoms. The number of thiazole rings is 1. The predicted octanol–water partition coefficient (Wildman–Crippen LogP) is 12.8. The first-order chi connectivity index (χ1) is 45.2. The number of aromatic nitrogens is 4. The number of β-lactam (4-membered cyclic amide) rings is 1. The van der Waals surface area contributed by atoms with Gasteiger partial charge in [-0.15, -0.1) is 41.4 Å². The number of ether oxygens (including phenoxy) is 3. The van der Waals surface area contributed by atoms with Gasteiger partial charge >= 0.3 is 17.9 Å². The van der Waals surface area contributed by atoms with Gasteiger partial charge < -0.3 is 35.0 Å². The maximum Gasteiger partial charge on any atom is 0.356 e. The monoisotopic (exact) mass is 1390 g/mol. The number of amides is 2. The van der Waals surface area contributed by atoms with Crippen molar-refractivity contribution < 1.29 is 52.4 Å². The lowest BCUT2D eigenvalue weighted by Gasteiger charge is -2.62. The van der Waals surface area contributed by atoms with Gasteiger partial charge in [0.15, 0.2) is 21.9 Å². The molecule has 24 heteroatoms. The van der Waals surface area contributed by atoms with Crippen molar-refractivity contribution in [2.75, 3.05) is 30.9 Å². The van der Waals surface area contributed by atoms with Crippen LogP contribution in [0.25, 0.3) is 11.3 Å².